The van der Waals surface area contributed by atoms with Crippen molar-refractivity contribution in [1.29, 1.82) is 0 Å². The van der Waals surface area contributed by atoms with Crippen LogP contribution in [0.15, 0.2) is 24.3 Å². The zero-order valence-corrected chi connectivity index (χ0v) is 15.8. The summed E-state index contributed by atoms with van der Waals surface area (Å²) < 4.78 is 40.6. The predicted molar refractivity (Wildman–Crippen MR) is 97.0 cm³/mol. The smallest absolute Gasteiger partial charge is 0.406 e. The van der Waals surface area contributed by atoms with Crippen molar-refractivity contribution in [2.75, 3.05) is 20.1 Å². The normalized spacial score (nSPS) is 16.3. The van der Waals surface area contributed by atoms with Crippen molar-refractivity contribution in [3.63, 3.8) is 0 Å². The van der Waals surface area contributed by atoms with Gasteiger partial charge in [-0.15, -0.1) is 24.5 Å². The number of aromatic nitrogens is 1. The van der Waals surface area contributed by atoms with Gasteiger partial charge in [0.1, 0.15) is 15.6 Å². The summed E-state index contributed by atoms with van der Waals surface area (Å²) in [4.78, 5) is 19.7. The molecular weight excluding hydrogens is 379 g/mol. The third kappa shape index (κ3) is 5.20. The fraction of sp³-hybridized carbons (Fsp3) is 0.444. The minimum atomic E-state index is -4.72. The van der Waals surface area contributed by atoms with Gasteiger partial charge in [-0.05, 0) is 64.2 Å². The number of hydrogen-bond donors (Lipinski definition) is 1. The highest BCUT2D eigenvalue weighted by Gasteiger charge is 2.31. The van der Waals surface area contributed by atoms with Gasteiger partial charge in [0.2, 0.25) is 0 Å². The van der Waals surface area contributed by atoms with Crippen LogP contribution >= 0.6 is 11.3 Å². The summed E-state index contributed by atoms with van der Waals surface area (Å²) in [6.07, 6.45) is -2.90. The van der Waals surface area contributed by atoms with E-state index >= 15 is 0 Å². The number of hydrogen-bond acceptors (Lipinski definition) is 5. The molecule has 0 radical (unpaired) electrons. The number of nitrogens with zero attached hydrogens (tertiary/aromatic N) is 2. The largest absolute Gasteiger partial charge is 0.573 e. The Hall–Kier alpha value is -2.13. The second-order valence-electron chi connectivity index (χ2n) is 6.56. The lowest BCUT2D eigenvalue weighted by molar-refractivity contribution is -0.274. The van der Waals surface area contributed by atoms with Crippen molar-refractivity contribution < 1.29 is 22.7 Å². The maximum Gasteiger partial charge on any atom is 0.573 e. The molecule has 0 bridgehead atoms. The van der Waals surface area contributed by atoms with Crippen LogP contribution in [0.5, 0.6) is 5.75 Å². The van der Waals surface area contributed by atoms with E-state index < -0.39 is 6.36 Å². The zero-order valence-electron chi connectivity index (χ0n) is 15.0. The van der Waals surface area contributed by atoms with Crippen molar-refractivity contribution in [2.24, 2.45) is 0 Å². The van der Waals surface area contributed by atoms with Gasteiger partial charge in [-0.25, -0.2) is 4.98 Å². The van der Waals surface area contributed by atoms with Gasteiger partial charge in [0.25, 0.3) is 5.91 Å². The van der Waals surface area contributed by atoms with E-state index in [9.17, 15) is 18.0 Å². The van der Waals surface area contributed by atoms with Gasteiger partial charge in [0.05, 0.1) is 5.69 Å². The van der Waals surface area contributed by atoms with Crippen molar-refractivity contribution in [2.45, 2.75) is 32.2 Å². The van der Waals surface area contributed by atoms with E-state index in [0.29, 0.717) is 21.1 Å². The lowest BCUT2D eigenvalue weighted by Crippen LogP contribution is -2.43. The van der Waals surface area contributed by atoms with Crippen LogP contribution in [-0.2, 0) is 0 Å². The van der Waals surface area contributed by atoms with Crippen LogP contribution < -0.4 is 10.1 Å². The Balaban J connectivity index is 1.69. The molecule has 1 aliphatic heterocycles. The molecule has 1 aliphatic rings. The van der Waals surface area contributed by atoms with E-state index in [4.69, 9.17) is 0 Å². The van der Waals surface area contributed by atoms with Crippen LogP contribution in [-0.4, -0.2) is 48.3 Å². The van der Waals surface area contributed by atoms with Crippen molar-refractivity contribution >= 4 is 17.2 Å². The topological polar surface area (TPSA) is 54.5 Å². The number of amides is 1. The molecule has 146 valence electrons. The van der Waals surface area contributed by atoms with Gasteiger partial charge in [-0.3, -0.25) is 4.79 Å². The molecule has 0 spiro atoms. The van der Waals surface area contributed by atoms with Crippen LogP contribution in [0.4, 0.5) is 13.2 Å². The Morgan fingerprint density at radius 1 is 1.26 bits per heavy atom. The molecule has 3 rings (SSSR count). The van der Waals surface area contributed by atoms with Gasteiger partial charge in [-0.1, -0.05) is 0 Å². The molecule has 5 nitrogen and oxygen atoms in total. The van der Waals surface area contributed by atoms with Gasteiger partial charge < -0.3 is 15.0 Å². The van der Waals surface area contributed by atoms with Gasteiger partial charge in [-0.2, -0.15) is 0 Å². The number of aryl methyl sites for hydroxylation is 1. The van der Waals surface area contributed by atoms with Crippen LogP contribution in [0, 0.1) is 6.92 Å². The first-order chi connectivity index (χ1) is 12.7. The second-order valence-corrected chi connectivity index (χ2v) is 7.56. The van der Waals surface area contributed by atoms with Crippen LogP contribution in [0.25, 0.3) is 10.6 Å². The molecule has 1 amide bonds. The van der Waals surface area contributed by atoms with E-state index in [1.54, 1.807) is 6.92 Å². The third-order valence-electron chi connectivity index (χ3n) is 4.39. The molecule has 1 fully saturated rings. The van der Waals surface area contributed by atoms with Crippen LogP contribution in [0.2, 0.25) is 0 Å². The number of thiazole rings is 1. The van der Waals surface area contributed by atoms with Crippen LogP contribution in [0.1, 0.15) is 28.2 Å². The number of benzene rings is 1. The fourth-order valence-electron chi connectivity index (χ4n) is 2.93. The van der Waals surface area contributed by atoms with E-state index in [-0.39, 0.29) is 17.7 Å². The Morgan fingerprint density at radius 3 is 2.48 bits per heavy atom. The molecule has 1 aromatic carbocycles. The Labute approximate surface area is 159 Å². The number of carbonyl (C=O) groups is 1. The minimum Gasteiger partial charge on any atom is -0.406 e. The molecule has 1 aromatic heterocycles. The number of carbonyl (C=O) groups excluding carboxylic acids is 1. The lowest BCUT2D eigenvalue weighted by atomic mass is 10.1. The standard InChI is InChI=1S/C18H20F3N3O2S/c1-11-15(16(25)23-13-7-9-24(2)10-8-13)27-17(22-11)12-3-5-14(6-4-12)26-18(19,20)21/h3-6,13H,7-10H2,1-2H3,(H,23,25). The fourth-order valence-corrected chi connectivity index (χ4v) is 3.91. The molecule has 1 saturated heterocycles. The molecular formula is C18H20F3N3O2S. The maximum absolute atomic E-state index is 12.6. The molecule has 0 aliphatic carbocycles. The Morgan fingerprint density at radius 2 is 1.89 bits per heavy atom. The molecule has 2 heterocycles. The number of nitrogens with one attached hydrogen (secondary N) is 1. The zero-order chi connectivity index (χ0) is 19.6. The summed E-state index contributed by atoms with van der Waals surface area (Å²) in [5, 5.41) is 3.64. The number of piperidine rings is 1. The maximum atomic E-state index is 12.6. The molecule has 0 saturated carbocycles. The Kier molecular flexibility index (Phi) is 5.71. The molecule has 0 atom stereocenters. The minimum absolute atomic E-state index is 0.150. The highest BCUT2D eigenvalue weighted by molar-refractivity contribution is 7.17. The van der Waals surface area contributed by atoms with Crippen molar-refractivity contribution in [3.05, 3.63) is 34.8 Å². The number of rotatable bonds is 4. The highest BCUT2D eigenvalue weighted by Crippen LogP contribution is 2.30. The third-order valence-corrected chi connectivity index (χ3v) is 5.60. The van der Waals surface area contributed by atoms with Crippen LogP contribution in [0.3, 0.4) is 0 Å². The first kappa shape index (κ1) is 19.6. The number of ether oxygens (including phenoxy) is 1. The first-order valence-electron chi connectivity index (χ1n) is 8.54. The van der Waals surface area contributed by atoms with E-state index in [0.717, 1.165) is 25.9 Å². The molecule has 9 heteroatoms. The van der Waals surface area contributed by atoms with Gasteiger partial charge in [0, 0.05) is 11.6 Å². The van der Waals surface area contributed by atoms with Gasteiger partial charge >= 0.3 is 6.36 Å². The predicted octanol–water partition coefficient (Wildman–Crippen LogP) is 3.84. The average molecular weight is 399 g/mol. The molecule has 27 heavy (non-hydrogen) atoms. The summed E-state index contributed by atoms with van der Waals surface area (Å²) in [6, 6.07) is 5.61. The molecule has 0 unspecified atom stereocenters. The quantitative estimate of drug-likeness (QED) is 0.849. The highest BCUT2D eigenvalue weighted by atomic mass is 32.1. The summed E-state index contributed by atoms with van der Waals surface area (Å²) in [5.41, 5.74) is 1.24. The SMILES string of the molecule is Cc1nc(-c2ccc(OC(F)(F)F)cc2)sc1C(=O)NC1CCN(C)CC1. The number of alkyl halides is 3. The molecule has 1 N–H and O–H groups in total. The number of likely N-dealkylation sites (tertiary alicyclic amines) is 1. The monoisotopic (exact) mass is 399 g/mol. The van der Waals surface area contributed by atoms with E-state index in [2.05, 4.69) is 27.0 Å². The summed E-state index contributed by atoms with van der Waals surface area (Å²) in [7, 11) is 2.06. The molecule has 2 aromatic rings. The van der Waals surface area contributed by atoms with Crippen molar-refractivity contribution in [1.82, 2.24) is 15.2 Å². The van der Waals surface area contributed by atoms with E-state index in [1.165, 1.54) is 35.6 Å². The average Bonchev–Trinajstić information content (AvgIpc) is 2.98. The summed E-state index contributed by atoms with van der Waals surface area (Å²) in [6.45, 7) is 3.65. The second kappa shape index (κ2) is 7.85. The Bertz CT molecular complexity index is 797. The van der Waals surface area contributed by atoms with Gasteiger partial charge in [0.15, 0.2) is 0 Å². The number of halogens is 3. The first-order valence-corrected chi connectivity index (χ1v) is 9.36. The summed E-state index contributed by atoms with van der Waals surface area (Å²) in [5.74, 6) is -0.442. The van der Waals surface area contributed by atoms with Crippen molar-refractivity contribution in [3.8, 4) is 16.3 Å². The summed E-state index contributed by atoms with van der Waals surface area (Å²) >= 11 is 1.23. The lowest BCUT2D eigenvalue weighted by Gasteiger charge is -2.29. The van der Waals surface area contributed by atoms with E-state index in [1.807, 2.05) is 0 Å².